The fourth-order valence-electron chi connectivity index (χ4n) is 5.42. The maximum absolute atomic E-state index is 12.6. The summed E-state index contributed by atoms with van der Waals surface area (Å²) in [6.07, 6.45) is 1.26. The van der Waals surface area contributed by atoms with E-state index in [-0.39, 0.29) is 49.0 Å². The molecule has 0 aromatic heterocycles. The second-order valence-corrected chi connectivity index (χ2v) is 10.0. The molecule has 3 aromatic carbocycles. The van der Waals surface area contributed by atoms with Gasteiger partial charge in [-0.15, -0.1) is 0 Å². The number of rotatable bonds is 8. The van der Waals surface area contributed by atoms with Crippen LogP contribution in [0.4, 0.5) is 10.5 Å². The third-order valence-corrected chi connectivity index (χ3v) is 7.45. The first-order valence-electron chi connectivity index (χ1n) is 13.1. The van der Waals surface area contributed by atoms with Crippen LogP contribution in [0.2, 0.25) is 0 Å². The van der Waals surface area contributed by atoms with Crippen molar-refractivity contribution in [3.05, 3.63) is 95.6 Å². The molecule has 2 N–H and O–H groups in total. The van der Waals surface area contributed by atoms with E-state index in [9.17, 15) is 19.2 Å². The van der Waals surface area contributed by atoms with Crippen molar-refractivity contribution < 1.29 is 23.9 Å². The molecule has 2 heterocycles. The smallest absolute Gasteiger partial charge is 0.319 e. The largest absolute Gasteiger partial charge is 0.492 e. The standard InChI is InChI=1S/C30H28N4O5/c35-27-16-21(18-34(27)26-17-25(26)19-6-2-1-3-7-19)32-30(38)31-20-10-12-22(13-11-20)39-15-14-33-28(36)23-8-4-5-9-24(23)29(33)37/h1-13,21,25-26H,14-18H2,(H2,31,32,38). The number of fused-ring (bicyclic) bond motifs is 1. The molecule has 0 bridgehead atoms. The molecule has 2 aliphatic heterocycles. The van der Waals surface area contributed by atoms with E-state index in [0.29, 0.717) is 41.4 Å². The fraction of sp³-hybridized carbons (Fsp3) is 0.267. The van der Waals surface area contributed by atoms with Crippen molar-refractivity contribution in [2.75, 3.05) is 25.0 Å². The van der Waals surface area contributed by atoms with Crippen LogP contribution in [0.3, 0.4) is 0 Å². The Kier molecular flexibility index (Phi) is 6.48. The first kappa shape index (κ1) is 24.7. The van der Waals surface area contributed by atoms with Crippen LogP contribution >= 0.6 is 0 Å². The molecule has 3 atom stereocenters. The summed E-state index contributed by atoms with van der Waals surface area (Å²) in [5.74, 6) is 0.365. The minimum atomic E-state index is -0.371. The van der Waals surface area contributed by atoms with Crippen molar-refractivity contribution in [3.8, 4) is 5.75 Å². The number of nitrogens with one attached hydrogen (secondary N) is 2. The SMILES string of the molecule is O=C(Nc1ccc(OCCN2C(=O)c3ccccc3C2=O)cc1)NC1CC(=O)N(C2CC2c2ccccc2)C1. The number of urea groups is 1. The molecular weight excluding hydrogens is 496 g/mol. The number of amides is 5. The van der Waals surface area contributed by atoms with Crippen LogP contribution < -0.4 is 15.4 Å². The number of likely N-dealkylation sites (tertiary alicyclic amines) is 1. The van der Waals surface area contributed by atoms with Gasteiger partial charge < -0.3 is 20.3 Å². The van der Waals surface area contributed by atoms with Gasteiger partial charge in [-0.3, -0.25) is 19.3 Å². The number of hydrogen-bond donors (Lipinski definition) is 2. The van der Waals surface area contributed by atoms with Gasteiger partial charge in [0.2, 0.25) is 5.91 Å². The summed E-state index contributed by atoms with van der Waals surface area (Å²) in [7, 11) is 0. The van der Waals surface area contributed by atoms with E-state index in [1.165, 1.54) is 10.5 Å². The molecule has 9 nitrogen and oxygen atoms in total. The van der Waals surface area contributed by atoms with Crippen molar-refractivity contribution in [1.29, 1.82) is 0 Å². The zero-order chi connectivity index (χ0) is 26.9. The lowest BCUT2D eigenvalue weighted by Gasteiger charge is -2.18. The fourth-order valence-corrected chi connectivity index (χ4v) is 5.42. The van der Waals surface area contributed by atoms with Crippen molar-refractivity contribution in [2.45, 2.75) is 30.8 Å². The van der Waals surface area contributed by atoms with Gasteiger partial charge in [0.1, 0.15) is 12.4 Å². The van der Waals surface area contributed by atoms with Crippen LogP contribution in [0, 0.1) is 0 Å². The maximum Gasteiger partial charge on any atom is 0.319 e. The number of ether oxygens (including phenoxy) is 1. The molecule has 198 valence electrons. The highest BCUT2D eigenvalue weighted by atomic mass is 16.5. The number of benzene rings is 3. The number of imide groups is 1. The summed E-state index contributed by atoms with van der Waals surface area (Å²) in [6.45, 7) is 0.802. The Morgan fingerprint density at radius 1 is 0.872 bits per heavy atom. The molecule has 39 heavy (non-hydrogen) atoms. The van der Waals surface area contributed by atoms with Crippen LogP contribution in [0.25, 0.3) is 0 Å². The van der Waals surface area contributed by atoms with Gasteiger partial charge >= 0.3 is 6.03 Å². The van der Waals surface area contributed by atoms with E-state index in [2.05, 4.69) is 22.8 Å². The zero-order valence-corrected chi connectivity index (χ0v) is 21.2. The van der Waals surface area contributed by atoms with Crippen molar-refractivity contribution in [1.82, 2.24) is 15.1 Å². The highest BCUT2D eigenvalue weighted by Crippen LogP contribution is 2.45. The van der Waals surface area contributed by atoms with Crippen LogP contribution in [0.15, 0.2) is 78.9 Å². The lowest BCUT2D eigenvalue weighted by atomic mass is 10.1. The van der Waals surface area contributed by atoms with Crippen LogP contribution in [-0.4, -0.2) is 65.3 Å². The molecule has 6 rings (SSSR count). The molecule has 5 amide bonds. The van der Waals surface area contributed by atoms with E-state index in [0.717, 1.165) is 6.42 Å². The minimum absolute atomic E-state index is 0.0754. The topological polar surface area (TPSA) is 108 Å². The molecule has 1 saturated heterocycles. The minimum Gasteiger partial charge on any atom is -0.492 e. The molecule has 1 saturated carbocycles. The van der Waals surface area contributed by atoms with Crippen LogP contribution in [0.1, 0.15) is 45.0 Å². The Morgan fingerprint density at radius 3 is 2.23 bits per heavy atom. The highest BCUT2D eigenvalue weighted by molar-refractivity contribution is 6.21. The Hall–Kier alpha value is -4.66. The molecule has 0 radical (unpaired) electrons. The Balaban J connectivity index is 0.946. The number of carbonyl (C=O) groups excluding carboxylic acids is 4. The predicted molar refractivity (Wildman–Crippen MR) is 144 cm³/mol. The van der Waals surface area contributed by atoms with Crippen molar-refractivity contribution >= 4 is 29.4 Å². The van der Waals surface area contributed by atoms with Gasteiger partial charge in [0, 0.05) is 30.6 Å². The number of anilines is 1. The van der Waals surface area contributed by atoms with Crippen LogP contribution in [0.5, 0.6) is 5.75 Å². The number of carbonyl (C=O) groups is 4. The lowest BCUT2D eigenvalue weighted by Crippen LogP contribution is -2.40. The molecule has 0 spiro atoms. The predicted octanol–water partition coefficient (Wildman–Crippen LogP) is 3.64. The monoisotopic (exact) mass is 524 g/mol. The average molecular weight is 525 g/mol. The Morgan fingerprint density at radius 2 is 1.54 bits per heavy atom. The second kappa shape index (κ2) is 10.2. The zero-order valence-electron chi connectivity index (χ0n) is 21.2. The molecule has 2 fully saturated rings. The van der Waals surface area contributed by atoms with Gasteiger partial charge in [-0.05, 0) is 48.4 Å². The second-order valence-electron chi connectivity index (χ2n) is 10.0. The quantitative estimate of drug-likeness (QED) is 0.438. The lowest BCUT2D eigenvalue weighted by molar-refractivity contribution is -0.128. The first-order valence-corrected chi connectivity index (χ1v) is 13.1. The van der Waals surface area contributed by atoms with E-state index in [1.54, 1.807) is 48.5 Å². The third kappa shape index (κ3) is 5.07. The summed E-state index contributed by atoms with van der Waals surface area (Å²) in [5, 5.41) is 5.70. The van der Waals surface area contributed by atoms with Gasteiger partial charge in [0.05, 0.1) is 23.7 Å². The Bertz CT molecular complexity index is 1390. The third-order valence-electron chi connectivity index (χ3n) is 7.45. The molecule has 3 unspecified atom stereocenters. The average Bonchev–Trinajstić information content (AvgIpc) is 3.61. The van der Waals surface area contributed by atoms with Crippen LogP contribution in [-0.2, 0) is 4.79 Å². The normalized spacial score (nSPS) is 21.6. The first-order chi connectivity index (χ1) is 19.0. The maximum atomic E-state index is 12.6. The van der Waals surface area contributed by atoms with E-state index in [1.807, 2.05) is 23.1 Å². The number of hydrogen-bond acceptors (Lipinski definition) is 5. The highest BCUT2D eigenvalue weighted by Gasteiger charge is 2.48. The van der Waals surface area contributed by atoms with E-state index < -0.39 is 0 Å². The van der Waals surface area contributed by atoms with Gasteiger partial charge in [-0.1, -0.05) is 42.5 Å². The summed E-state index contributed by atoms with van der Waals surface area (Å²) in [5.41, 5.74) is 2.65. The van der Waals surface area contributed by atoms with Gasteiger partial charge in [-0.25, -0.2) is 4.79 Å². The van der Waals surface area contributed by atoms with E-state index >= 15 is 0 Å². The van der Waals surface area contributed by atoms with Gasteiger partial charge in [0.25, 0.3) is 11.8 Å². The van der Waals surface area contributed by atoms with Crippen molar-refractivity contribution in [3.63, 3.8) is 0 Å². The van der Waals surface area contributed by atoms with E-state index in [4.69, 9.17) is 4.74 Å². The van der Waals surface area contributed by atoms with Crippen molar-refractivity contribution in [2.24, 2.45) is 0 Å². The molecular formula is C30H28N4O5. The van der Waals surface area contributed by atoms with Gasteiger partial charge in [-0.2, -0.15) is 0 Å². The molecule has 3 aliphatic rings. The summed E-state index contributed by atoms with van der Waals surface area (Å²) in [4.78, 5) is 53.1. The molecule has 3 aromatic rings. The molecule has 9 heteroatoms. The molecule has 1 aliphatic carbocycles. The van der Waals surface area contributed by atoms with Gasteiger partial charge in [0.15, 0.2) is 0 Å². The summed E-state index contributed by atoms with van der Waals surface area (Å²) < 4.78 is 5.71. The summed E-state index contributed by atoms with van der Waals surface area (Å²) >= 11 is 0. The Labute approximate surface area is 225 Å². The summed E-state index contributed by atoms with van der Waals surface area (Å²) in [6, 6.07) is 23.4. The number of nitrogens with zero attached hydrogens (tertiary/aromatic N) is 2.